The van der Waals surface area contributed by atoms with E-state index in [1.165, 1.54) is 5.56 Å². The monoisotopic (exact) mass is 278 g/mol. The average Bonchev–Trinajstić information content (AvgIpc) is 2.41. The maximum Gasteiger partial charge on any atom is 0.0835 e. The largest absolute Gasteiger partial charge is 0.113 e. The van der Waals surface area contributed by atoms with Crippen molar-refractivity contribution in [1.29, 1.82) is 0 Å². The molecule has 2 aromatic rings. The van der Waals surface area contributed by atoms with Crippen molar-refractivity contribution in [3.63, 3.8) is 0 Å². The van der Waals surface area contributed by atoms with Crippen molar-refractivity contribution < 1.29 is 0 Å². The molecule has 0 aliphatic rings. The molecule has 0 N–H and O–H groups in total. The summed E-state index contributed by atoms with van der Waals surface area (Å²) in [5.74, 6) is 0. The molecule has 0 aliphatic heterocycles. The summed E-state index contributed by atoms with van der Waals surface area (Å²) in [6.45, 7) is 4.14. The Morgan fingerprint density at radius 2 is 1.61 bits per heavy atom. The van der Waals surface area contributed by atoms with E-state index >= 15 is 0 Å². The molecule has 0 nitrogen and oxygen atoms in total. The van der Waals surface area contributed by atoms with Gasteiger partial charge in [0, 0.05) is 5.02 Å². The maximum atomic E-state index is 6.51. The van der Waals surface area contributed by atoms with Crippen molar-refractivity contribution in [2.75, 3.05) is 0 Å². The SMILES string of the molecule is CCc1ccc(C(Cl)c2ccc(Cl)c(C)c2)cc1. The molecule has 0 aliphatic carbocycles. The third kappa shape index (κ3) is 2.88. The average molecular weight is 279 g/mol. The Hall–Kier alpha value is -0.980. The van der Waals surface area contributed by atoms with Gasteiger partial charge in [0.1, 0.15) is 0 Å². The third-order valence-electron chi connectivity index (χ3n) is 3.16. The third-order valence-corrected chi connectivity index (χ3v) is 4.08. The molecule has 1 atom stereocenters. The molecule has 94 valence electrons. The molecule has 1 unspecified atom stereocenters. The first-order valence-electron chi connectivity index (χ1n) is 6.10. The zero-order chi connectivity index (χ0) is 13.1. The summed E-state index contributed by atoms with van der Waals surface area (Å²) in [7, 11) is 0. The number of benzene rings is 2. The Morgan fingerprint density at radius 3 is 2.17 bits per heavy atom. The summed E-state index contributed by atoms with van der Waals surface area (Å²) < 4.78 is 0. The van der Waals surface area contributed by atoms with Crippen LogP contribution in [0.4, 0.5) is 0 Å². The van der Waals surface area contributed by atoms with E-state index in [1.54, 1.807) is 0 Å². The number of hydrogen-bond donors (Lipinski definition) is 0. The van der Waals surface area contributed by atoms with Crippen molar-refractivity contribution in [3.8, 4) is 0 Å². The Morgan fingerprint density at radius 1 is 1.00 bits per heavy atom. The molecule has 0 radical (unpaired) electrons. The van der Waals surface area contributed by atoms with Gasteiger partial charge in [-0.3, -0.25) is 0 Å². The minimum absolute atomic E-state index is 0.119. The molecule has 0 spiro atoms. The molecule has 0 saturated heterocycles. The van der Waals surface area contributed by atoms with Gasteiger partial charge in [0.15, 0.2) is 0 Å². The van der Waals surface area contributed by atoms with Gasteiger partial charge in [-0.05, 0) is 41.7 Å². The highest BCUT2D eigenvalue weighted by Crippen LogP contribution is 2.31. The molecule has 0 fully saturated rings. The van der Waals surface area contributed by atoms with Gasteiger partial charge in [-0.2, -0.15) is 0 Å². The van der Waals surface area contributed by atoms with Gasteiger partial charge in [-0.1, -0.05) is 54.9 Å². The van der Waals surface area contributed by atoms with E-state index < -0.39 is 0 Å². The lowest BCUT2D eigenvalue weighted by molar-refractivity contribution is 1.10. The lowest BCUT2D eigenvalue weighted by Gasteiger charge is -2.12. The van der Waals surface area contributed by atoms with Crippen LogP contribution in [0.1, 0.15) is 34.6 Å². The number of aryl methyl sites for hydroxylation is 2. The Bertz CT molecular complexity index is 529. The molecule has 18 heavy (non-hydrogen) atoms. The van der Waals surface area contributed by atoms with E-state index in [2.05, 4.69) is 31.2 Å². The topological polar surface area (TPSA) is 0 Å². The zero-order valence-electron chi connectivity index (χ0n) is 10.6. The molecule has 0 saturated carbocycles. The van der Waals surface area contributed by atoms with Crippen LogP contribution < -0.4 is 0 Å². The second-order valence-corrected chi connectivity index (χ2v) is 5.31. The van der Waals surface area contributed by atoms with Crippen LogP contribution in [0.25, 0.3) is 0 Å². The van der Waals surface area contributed by atoms with E-state index in [1.807, 2.05) is 25.1 Å². The van der Waals surface area contributed by atoms with Crippen LogP contribution in [0, 0.1) is 6.92 Å². The highest BCUT2D eigenvalue weighted by atomic mass is 35.5. The molecular weight excluding hydrogens is 263 g/mol. The lowest BCUT2D eigenvalue weighted by atomic mass is 10.0. The number of rotatable bonds is 3. The van der Waals surface area contributed by atoms with E-state index in [-0.39, 0.29) is 5.38 Å². The van der Waals surface area contributed by atoms with Gasteiger partial charge in [0.2, 0.25) is 0 Å². The number of hydrogen-bond acceptors (Lipinski definition) is 0. The van der Waals surface area contributed by atoms with Gasteiger partial charge >= 0.3 is 0 Å². The first-order chi connectivity index (χ1) is 8.61. The second kappa shape index (κ2) is 5.77. The quantitative estimate of drug-likeness (QED) is 0.647. The van der Waals surface area contributed by atoms with Gasteiger partial charge < -0.3 is 0 Å². The first kappa shape index (κ1) is 13.5. The molecule has 0 amide bonds. The van der Waals surface area contributed by atoms with Crippen LogP contribution in [0.3, 0.4) is 0 Å². The maximum absolute atomic E-state index is 6.51. The molecule has 0 bridgehead atoms. The zero-order valence-corrected chi connectivity index (χ0v) is 12.1. The minimum atomic E-state index is -0.119. The van der Waals surface area contributed by atoms with E-state index in [9.17, 15) is 0 Å². The summed E-state index contributed by atoms with van der Waals surface area (Å²) in [5, 5.41) is 0.663. The summed E-state index contributed by atoms with van der Waals surface area (Å²) >= 11 is 12.5. The molecule has 0 heterocycles. The molecule has 2 aromatic carbocycles. The van der Waals surface area contributed by atoms with Crippen molar-refractivity contribution in [3.05, 3.63) is 69.7 Å². The summed E-state index contributed by atoms with van der Waals surface area (Å²) in [5.41, 5.74) is 4.60. The smallest absolute Gasteiger partial charge is 0.0835 e. The number of halogens is 2. The van der Waals surface area contributed by atoms with Crippen LogP contribution >= 0.6 is 23.2 Å². The van der Waals surface area contributed by atoms with Gasteiger partial charge in [-0.15, -0.1) is 11.6 Å². The highest BCUT2D eigenvalue weighted by molar-refractivity contribution is 6.31. The van der Waals surface area contributed by atoms with E-state index in [0.717, 1.165) is 28.1 Å². The van der Waals surface area contributed by atoms with E-state index in [0.29, 0.717) is 0 Å². The van der Waals surface area contributed by atoms with Crippen LogP contribution in [-0.2, 0) is 6.42 Å². The predicted molar refractivity (Wildman–Crippen MR) is 79.7 cm³/mol. The van der Waals surface area contributed by atoms with Crippen LogP contribution in [0.15, 0.2) is 42.5 Å². The molecule has 0 aromatic heterocycles. The van der Waals surface area contributed by atoms with Crippen LogP contribution in [0.5, 0.6) is 0 Å². The van der Waals surface area contributed by atoms with Crippen LogP contribution in [0.2, 0.25) is 5.02 Å². The first-order valence-corrected chi connectivity index (χ1v) is 6.92. The summed E-state index contributed by atoms with van der Waals surface area (Å²) in [6, 6.07) is 14.4. The van der Waals surface area contributed by atoms with E-state index in [4.69, 9.17) is 23.2 Å². The standard InChI is InChI=1S/C16H16Cl2/c1-3-12-4-6-13(7-5-12)16(18)14-8-9-15(17)11(2)10-14/h4-10,16H,3H2,1-2H3. The predicted octanol–water partition coefficient (Wildman–Crippen LogP) is 5.54. The van der Waals surface area contributed by atoms with Gasteiger partial charge in [0.05, 0.1) is 5.38 Å². The van der Waals surface area contributed by atoms with Gasteiger partial charge in [-0.25, -0.2) is 0 Å². The Balaban J connectivity index is 2.28. The second-order valence-electron chi connectivity index (χ2n) is 4.47. The van der Waals surface area contributed by atoms with Gasteiger partial charge in [0.25, 0.3) is 0 Å². The fourth-order valence-corrected chi connectivity index (χ4v) is 2.34. The van der Waals surface area contributed by atoms with Crippen molar-refractivity contribution >= 4 is 23.2 Å². The minimum Gasteiger partial charge on any atom is -0.113 e. The molecule has 2 rings (SSSR count). The summed E-state index contributed by atoms with van der Waals surface area (Å²) in [6.07, 6.45) is 1.05. The van der Waals surface area contributed by atoms with Crippen molar-refractivity contribution in [1.82, 2.24) is 0 Å². The van der Waals surface area contributed by atoms with Crippen molar-refractivity contribution in [2.45, 2.75) is 25.6 Å². The Kier molecular flexibility index (Phi) is 4.31. The molecule has 2 heteroatoms. The number of alkyl halides is 1. The fraction of sp³-hybridized carbons (Fsp3) is 0.250. The highest BCUT2D eigenvalue weighted by Gasteiger charge is 2.11. The van der Waals surface area contributed by atoms with Crippen LogP contribution in [-0.4, -0.2) is 0 Å². The van der Waals surface area contributed by atoms with Crippen molar-refractivity contribution in [2.24, 2.45) is 0 Å². The fourth-order valence-electron chi connectivity index (χ4n) is 1.94. The summed E-state index contributed by atoms with van der Waals surface area (Å²) in [4.78, 5) is 0. The normalized spacial score (nSPS) is 12.4. The Labute approximate surface area is 119 Å². The molecular formula is C16H16Cl2. The lowest BCUT2D eigenvalue weighted by Crippen LogP contribution is -1.94.